The molecule has 5 heteroatoms. The smallest absolute Gasteiger partial charge is 0.242 e. The zero-order chi connectivity index (χ0) is 15.9. The van der Waals surface area contributed by atoms with Gasteiger partial charge in [-0.1, -0.05) is 26.0 Å². The summed E-state index contributed by atoms with van der Waals surface area (Å²) in [4.78, 5) is 22.9. The molecule has 1 unspecified atom stereocenters. The van der Waals surface area contributed by atoms with Crippen LogP contribution in [-0.2, 0) is 16.0 Å². The number of amides is 2. The van der Waals surface area contributed by atoms with Gasteiger partial charge < -0.3 is 15.4 Å². The third-order valence-electron chi connectivity index (χ3n) is 3.53. The molecule has 0 aliphatic carbocycles. The molecule has 0 bridgehead atoms. The Labute approximate surface area is 131 Å². The average molecular weight is 304 g/mol. The van der Waals surface area contributed by atoms with Crippen molar-refractivity contribution in [2.75, 3.05) is 13.2 Å². The second-order valence-electron chi connectivity index (χ2n) is 6.05. The summed E-state index contributed by atoms with van der Waals surface area (Å²) < 4.78 is 5.63. The van der Waals surface area contributed by atoms with E-state index >= 15 is 0 Å². The summed E-state index contributed by atoms with van der Waals surface area (Å²) in [7, 11) is 0. The number of hydrogen-bond donors (Lipinski definition) is 2. The van der Waals surface area contributed by atoms with Gasteiger partial charge in [-0.3, -0.25) is 9.59 Å². The van der Waals surface area contributed by atoms with Gasteiger partial charge in [0.15, 0.2) is 0 Å². The molecule has 1 aromatic carbocycles. The maximum atomic E-state index is 11.8. The number of nitrogens with one attached hydrogen (secondary N) is 2. The standard InChI is InChI=1S/C17H24N2O3/c1-12(2)11-22-14-5-3-13(4-6-14)9-10-18-17(21)15-7-8-16(20)19-15/h3-6,12,15H,7-11H2,1-2H3,(H,18,21)(H,19,20). The van der Waals surface area contributed by atoms with Gasteiger partial charge in [0.1, 0.15) is 11.8 Å². The Kier molecular flexibility index (Phi) is 5.81. The van der Waals surface area contributed by atoms with Crippen molar-refractivity contribution in [3.8, 4) is 5.75 Å². The highest BCUT2D eigenvalue weighted by Crippen LogP contribution is 2.13. The molecule has 1 aliphatic heterocycles. The van der Waals surface area contributed by atoms with Crippen LogP contribution in [0.25, 0.3) is 0 Å². The van der Waals surface area contributed by atoms with Crippen LogP contribution in [0, 0.1) is 5.92 Å². The van der Waals surface area contributed by atoms with Crippen LogP contribution < -0.4 is 15.4 Å². The second-order valence-corrected chi connectivity index (χ2v) is 6.05. The highest BCUT2D eigenvalue weighted by Gasteiger charge is 2.26. The summed E-state index contributed by atoms with van der Waals surface area (Å²) in [5, 5.41) is 5.53. The summed E-state index contributed by atoms with van der Waals surface area (Å²) in [6.07, 6.45) is 1.79. The van der Waals surface area contributed by atoms with E-state index in [1.54, 1.807) is 0 Å². The van der Waals surface area contributed by atoms with Crippen LogP contribution in [0.15, 0.2) is 24.3 Å². The van der Waals surface area contributed by atoms with E-state index in [9.17, 15) is 9.59 Å². The van der Waals surface area contributed by atoms with Gasteiger partial charge in [0, 0.05) is 13.0 Å². The molecule has 1 heterocycles. The molecule has 120 valence electrons. The predicted molar refractivity (Wildman–Crippen MR) is 84.7 cm³/mol. The first kappa shape index (κ1) is 16.3. The van der Waals surface area contributed by atoms with Gasteiger partial charge in [-0.05, 0) is 36.5 Å². The minimum Gasteiger partial charge on any atom is -0.493 e. The molecule has 2 rings (SSSR count). The maximum absolute atomic E-state index is 11.8. The number of rotatable bonds is 7. The summed E-state index contributed by atoms with van der Waals surface area (Å²) >= 11 is 0. The number of benzene rings is 1. The third-order valence-corrected chi connectivity index (χ3v) is 3.53. The van der Waals surface area contributed by atoms with Crippen molar-refractivity contribution in [2.24, 2.45) is 5.92 Å². The lowest BCUT2D eigenvalue weighted by molar-refractivity contribution is -0.125. The van der Waals surface area contributed by atoms with E-state index in [0.717, 1.165) is 17.7 Å². The van der Waals surface area contributed by atoms with Crippen molar-refractivity contribution in [3.05, 3.63) is 29.8 Å². The molecule has 1 atom stereocenters. The summed E-state index contributed by atoms with van der Waals surface area (Å²) in [6.45, 7) is 5.51. The van der Waals surface area contributed by atoms with Crippen LogP contribution in [0.1, 0.15) is 32.3 Å². The zero-order valence-corrected chi connectivity index (χ0v) is 13.2. The SMILES string of the molecule is CC(C)COc1ccc(CCNC(=O)C2CCC(=O)N2)cc1. The fourth-order valence-corrected chi connectivity index (χ4v) is 2.28. The lowest BCUT2D eigenvalue weighted by atomic mass is 10.1. The quantitative estimate of drug-likeness (QED) is 0.805. The number of carbonyl (C=O) groups is 2. The first-order valence-electron chi connectivity index (χ1n) is 7.83. The third kappa shape index (κ3) is 5.06. The molecule has 1 aromatic rings. The lowest BCUT2D eigenvalue weighted by Crippen LogP contribution is -2.42. The summed E-state index contributed by atoms with van der Waals surface area (Å²) in [5.41, 5.74) is 1.15. The zero-order valence-electron chi connectivity index (χ0n) is 13.2. The van der Waals surface area contributed by atoms with Crippen molar-refractivity contribution >= 4 is 11.8 Å². The Balaban J connectivity index is 1.70. The second kappa shape index (κ2) is 7.82. The molecule has 2 amide bonds. The van der Waals surface area contributed by atoms with E-state index < -0.39 is 0 Å². The number of hydrogen-bond acceptors (Lipinski definition) is 3. The van der Waals surface area contributed by atoms with Crippen molar-refractivity contribution in [1.82, 2.24) is 10.6 Å². The fraction of sp³-hybridized carbons (Fsp3) is 0.529. The van der Waals surface area contributed by atoms with E-state index in [1.807, 2.05) is 24.3 Å². The largest absolute Gasteiger partial charge is 0.493 e. The molecular formula is C17H24N2O3. The van der Waals surface area contributed by atoms with E-state index in [2.05, 4.69) is 24.5 Å². The lowest BCUT2D eigenvalue weighted by Gasteiger charge is -2.11. The Morgan fingerprint density at radius 1 is 1.36 bits per heavy atom. The van der Waals surface area contributed by atoms with E-state index in [-0.39, 0.29) is 17.9 Å². The molecule has 0 aromatic heterocycles. The minimum absolute atomic E-state index is 0.0443. The molecule has 5 nitrogen and oxygen atoms in total. The van der Waals surface area contributed by atoms with Crippen LogP contribution in [0.5, 0.6) is 5.75 Å². The Hall–Kier alpha value is -2.04. The van der Waals surface area contributed by atoms with Crippen LogP contribution in [0.3, 0.4) is 0 Å². The van der Waals surface area contributed by atoms with Crippen LogP contribution >= 0.6 is 0 Å². The van der Waals surface area contributed by atoms with E-state index in [4.69, 9.17) is 4.74 Å². The normalized spacial score (nSPS) is 17.4. The molecule has 0 radical (unpaired) electrons. The number of ether oxygens (including phenoxy) is 1. The molecule has 1 aliphatic rings. The molecule has 1 fully saturated rings. The first-order valence-corrected chi connectivity index (χ1v) is 7.83. The average Bonchev–Trinajstić information content (AvgIpc) is 2.93. The van der Waals surface area contributed by atoms with Crippen molar-refractivity contribution in [1.29, 1.82) is 0 Å². The van der Waals surface area contributed by atoms with E-state index in [0.29, 0.717) is 31.9 Å². The van der Waals surface area contributed by atoms with Gasteiger partial charge in [0.05, 0.1) is 6.61 Å². The van der Waals surface area contributed by atoms with Gasteiger partial charge in [-0.25, -0.2) is 0 Å². The monoisotopic (exact) mass is 304 g/mol. The summed E-state index contributed by atoms with van der Waals surface area (Å²) in [5.74, 6) is 1.24. The van der Waals surface area contributed by atoms with Gasteiger partial charge in [0.25, 0.3) is 0 Å². The molecule has 1 saturated heterocycles. The van der Waals surface area contributed by atoms with Gasteiger partial charge in [0.2, 0.25) is 11.8 Å². The molecular weight excluding hydrogens is 280 g/mol. The van der Waals surface area contributed by atoms with Gasteiger partial charge in [-0.2, -0.15) is 0 Å². The predicted octanol–water partition coefficient (Wildman–Crippen LogP) is 1.66. The molecule has 22 heavy (non-hydrogen) atoms. The van der Waals surface area contributed by atoms with Gasteiger partial charge >= 0.3 is 0 Å². The van der Waals surface area contributed by atoms with Crippen molar-refractivity contribution < 1.29 is 14.3 Å². The maximum Gasteiger partial charge on any atom is 0.242 e. The topological polar surface area (TPSA) is 67.4 Å². The highest BCUT2D eigenvalue weighted by molar-refractivity contribution is 5.90. The van der Waals surface area contributed by atoms with Gasteiger partial charge in [-0.15, -0.1) is 0 Å². The Morgan fingerprint density at radius 2 is 2.09 bits per heavy atom. The first-order chi connectivity index (χ1) is 10.5. The fourth-order valence-electron chi connectivity index (χ4n) is 2.28. The number of carbonyl (C=O) groups excluding carboxylic acids is 2. The highest BCUT2D eigenvalue weighted by atomic mass is 16.5. The van der Waals surface area contributed by atoms with E-state index in [1.165, 1.54) is 0 Å². The van der Waals surface area contributed by atoms with Crippen LogP contribution in [0.4, 0.5) is 0 Å². The Morgan fingerprint density at radius 3 is 2.68 bits per heavy atom. The van der Waals surface area contributed by atoms with Crippen molar-refractivity contribution in [2.45, 2.75) is 39.2 Å². The molecule has 0 saturated carbocycles. The Bertz CT molecular complexity index is 511. The summed E-state index contributed by atoms with van der Waals surface area (Å²) in [6, 6.07) is 7.57. The minimum atomic E-state index is -0.362. The van der Waals surface area contributed by atoms with Crippen LogP contribution in [-0.4, -0.2) is 31.0 Å². The van der Waals surface area contributed by atoms with Crippen LogP contribution in [0.2, 0.25) is 0 Å². The van der Waals surface area contributed by atoms with Crippen molar-refractivity contribution in [3.63, 3.8) is 0 Å². The molecule has 0 spiro atoms. The molecule has 2 N–H and O–H groups in total.